The first-order chi connectivity index (χ1) is 9.32. The fourth-order valence-electron chi connectivity index (χ4n) is 1.29. The second-order valence-corrected chi connectivity index (χ2v) is 3.76. The van der Waals surface area contributed by atoms with Crippen molar-refractivity contribution in [3.63, 3.8) is 0 Å². The number of carboxylic acids is 1. The number of hydrogen-bond donors (Lipinski definition) is 4. The summed E-state index contributed by atoms with van der Waals surface area (Å²) in [7, 11) is 0. The number of hydrogen-bond acceptors (Lipinski definition) is 6. The Labute approximate surface area is 111 Å². The molecule has 0 aromatic carbocycles. The van der Waals surface area contributed by atoms with Crippen molar-refractivity contribution >= 4 is 17.6 Å². The first-order valence-electron chi connectivity index (χ1n) is 5.39. The Morgan fingerprint density at radius 1 is 1.50 bits per heavy atom. The lowest BCUT2D eigenvalue weighted by Crippen LogP contribution is -2.33. The number of aromatic amines is 1. The average molecular weight is 285 g/mol. The van der Waals surface area contributed by atoms with Crippen LogP contribution in [-0.4, -0.2) is 44.6 Å². The van der Waals surface area contributed by atoms with E-state index in [9.17, 15) is 24.5 Å². The van der Waals surface area contributed by atoms with Crippen LogP contribution in [0.15, 0.2) is 17.1 Å². The van der Waals surface area contributed by atoms with Crippen molar-refractivity contribution in [3.05, 3.63) is 38.3 Å². The zero-order valence-electron chi connectivity index (χ0n) is 10.0. The van der Waals surface area contributed by atoms with Gasteiger partial charge in [0.15, 0.2) is 6.10 Å². The van der Waals surface area contributed by atoms with Gasteiger partial charge in [-0.05, 0) is 0 Å². The number of aromatic nitrogens is 1. The van der Waals surface area contributed by atoms with Crippen LogP contribution < -0.4 is 10.9 Å². The molecule has 0 aliphatic rings. The van der Waals surface area contributed by atoms with Gasteiger partial charge >= 0.3 is 5.97 Å². The molecule has 1 unspecified atom stereocenters. The minimum Gasteiger partial charge on any atom is -0.479 e. The number of pyridine rings is 1. The Bertz CT molecular complexity index is 595. The topological polar surface area (TPSA) is 163 Å². The monoisotopic (exact) mass is 285 g/mol. The third-order valence-electron chi connectivity index (χ3n) is 2.33. The molecule has 20 heavy (non-hydrogen) atoms. The zero-order valence-corrected chi connectivity index (χ0v) is 10.0. The number of rotatable bonds is 6. The van der Waals surface area contributed by atoms with Crippen LogP contribution in [0.4, 0.5) is 5.69 Å². The lowest BCUT2D eigenvalue weighted by molar-refractivity contribution is -0.385. The molecule has 1 amide bonds. The number of nitrogens with zero attached hydrogens (tertiary/aromatic N) is 1. The molecule has 1 rings (SSSR count). The van der Waals surface area contributed by atoms with Gasteiger partial charge in [-0.2, -0.15) is 0 Å². The highest BCUT2D eigenvalue weighted by Crippen LogP contribution is 2.07. The molecule has 1 heterocycles. The van der Waals surface area contributed by atoms with Crippen LogP contribution >= 0.6 is 0 Å². The summed E-state index contributed by atoms with van der Waals surface area (Å²) in [5.41, 5.74) is -1.74. The van der Waals surface area contributed by atoms with E-state index in [0.717, 1.165) is 12.3 Å². The van der Waals surface area contributed by atoms with Crippen molar-refractivity contribution < 1.29 is 24.7 Å². The molecular formula is C10H11N3O7. The Morgan fingerprint density at radius 3 is 2.70 bits per heavy atom. The third kappa shape index (κ3) is 3.88. The van der Waals surface area contributed by atoms with Gasteiger partial charge in [-0.1, -0.05) is 0 Å². The SMILES string of the molecule is O=C(NCCC(O)C(=O)O)c1cc([N+](=O)[O-])c[nH]c1=O. The van der Waals surface area contributed by atoms with E-state index in [1.807, 2.05) is 4.98 Å². The van der Waals surface area contributed by atoms with Crippen LogP contribution in [-0.2, 0) is 4.79 Å². The Balaban J connectivity index is 2.73. The molecule has 0 aliphatic heterocycles. The number of aliphatic hydroxyl groups excluding tert-OH is 1. The molecule has 0 fully saturated rings. The number of nitro groups is 1. The molecule has 0 saturated carbocycles. The van der Waals surface area contributed by atoms with Gasteiger partial charge in [0.05, 0.1) is 11.1 Å². The van der Waals surface area contributed by atoms with Crippen molar-refractivity contribution in [1.29, 1.82) is 0 Å². The first-order valence-corrected chi connectivity index (χ1v) is 5.39. The number of nitrogens with one attached hydrogen (secondary N) is 2. The molecule has 10 heteroatoms. The van der Waals surface area contributed by atoms with Crippen LogP contribution in [0, 0.1) is 10.1 Å². The van der Waals surface area contributed by atoms with Crippen molar-refractivity contribution in [2.24, 2.45) is 0 Å². The van der Waals surface area contributed by atoms with Gasteiger partial charge in [-0.3, -0.25) is 19.7 Å². The molecule has 4 N–H and O–H groups in total. The second-order valence-electron chi connectivity index (χ2n) is 3.76. The van der Waals surface area contributed by atoms with Crippen LogP contribution in [0.1, 0.15) is 16.8 Å². The van der Waals surface area contributed by atoms with Gasteiger partial charge in [0, 0.05) is 19.0 Å². The second kappa shape index (κ2) is 6.43. The molecule has 0 aliphatic carbocycles. The van der Waals surface area contributed by atoms with E-state index in [4.69, 9.17) is 10.2 Å². The highest BCUT2D eigenvalue weighted by Gasteiger charge is 2.17. The van der Waals surface area contributed by atoms with Gasteiger partial charge in [0.25, 0.3) is 17.2 Å². The molecule has 0 spiro atoms. The number of H-pyrrole nitrogens is 1. The summed E-state index contributed by atoms with van der Waals surface area (Å²) >= 11 is 0. The lowest BCUT2D eigenvalue weighted by atomic mass is 10.2. The summed E-state index contributed by atoms with van der Waals surface area (Å²) in [5.74, 6) is -2.33. The molecule has 108 valence electrons. The summed E-state index contributed by atoms with van der Waals surface area (Å²) in [6.07, 6.45) is -1.04. The molecule has 0 bridgehead atoms. The normalized spacial score (nSPS) is 11.7. The van der Waals surface area contributed by atoms with Gasteiger partial charge in [-0.25, -0.2) is 4.79 Å². The zero-order chi connectivity index (χ0) is 15.3. The number of carbonyl (C=O) groups is 2. The smallest absolute Gasteiger partial charge is 0.332 e. The minimum atomic E-state index is -1.64. The van der Waals surface area contributed by atoms with E-state index in [2.05, 4.69) is 5.32 Å². The van der Waals surface area contributed by atoms with Crippen LogP contribution in [0.3, 0.4) is 0 Å². The van der Waals surface area contributed by atoms with Crippen molar-refractivity contribution in [3.8, 4) is 0 Å². The van der Waals surface area contributed by atoms with Gasteiger partial charge < -0.3 is 20.5 Å². The summed E-state index contributed by atoms with van der Waals surface area (Å²) in [6, 6.07) is 0.807. The maximum Gasteiger partial charge on any atom is 0.332 e. The van der Waals surface area contributed by atoms with Crippen molar-refractivity contribution in [2.45, 2.75) is 12.5 Å². The molecule has 0 radical (unpaired) electrons. The maximum atomic E-state index is 11.6. The minimum absolute atomic E-state index is 0.200. The van der Waals surface area contributed by atoms with E-state index >= 15 is 0 Å². The average Bonchev–Trinajstić information content (AvgIpc) is 2.38. The highest BCUT2D eigenvalue weighted by atomic mass is 16.6. The molecule has 10 nitrogen and oxygen atoms in total. The van der Waals surface area contributed by atoms with E-state index < -0.39 is 39.7 Å². The van der Waals surface area contributed by atoms with Gasteiger partial charge in [0.1, 0.15) is 5.56 Å². The van der Waals surface area contributed by atoms with Crippen LogP contribution in [0.2, 0.25) is 0 Å². The van der Waals surface area contributed by atoms with Crippen LogP contribution in [0.25, 0.3) is 0 Å². The maximum absolute atomic E-state index is 11.6. The molecule has 1 atom stereocenters. The summed E-state index contributed by atoms with van der Waals surface area (Å²) in [6.45, 7) is -0.200. The molecule has 1 aromatic heterocycles. The van der Waals surface area contributed by atoms with Crippen molar-refractivity contribution in [2.75, 3.05) is 6.54 Å². The fraction of sp³-hybridized carbons (Fsp3) is 0.300. The number of amides is 1. The number of aliphatic carboxylic acids is 1. The Hall–Kier alpha value is -2.75. The summed E-state index contributed by atoms with van der Waals surface area (Å²) < 4.78 is 0. The van der Waals surface area contributed by atoms with E-state index in [0.29, 0.717) is 0 Å². The first kappa shape index (κ1) is 15.3. The van der Waals surface area contributed by atoms with E-state index in [1.54, 1.807) is 0 Å². The van der Waals surface area contributed by atoms with Crippen LogP contribution in [0.5, 0.6) is 0 Å². The van der Waals surface area contributed by atoms with Crippen molar-refractivity contribution in [1.82, 2.24) is 10.3 Å². The summed E-state index contributed by atoms with van der Waals surface area (Å²) in [5, 5.41) is 30.1. The Morgan fingerprint density at radius 2 is 2.15 bits per heavy atom. The number of carboxylic acid groups (broad SMARTS) is 1. The Kier molecular flexibility index (Phi) is 4.92. The highest BCUT2D eigenvalue weighted by molar-refractivity contribution is 5.94. The predicted octanol–water partition coefficient (Wildman–Crippen LogP) is -1.15. The quantitative estimate of drug-likeness (QED) is 0.378. The standard InChI is InChI=1S/C10H11N3O7/c14-7(10(17)18)1-2-11-8(15)6-3-5(13(19)20)4-12-9(6)16/h3-4,7,14H,1-2H2,(H,11,15)(H,12,16)(H,17,18). The third-order valence-corrected chi connectivity index (χ3v) is 2.33. The number of carbonyl (C=O) groups excluding carboxylic acids is 1. The van der Waals surface area contributed by atoms with Gasteiger partial charge in [-0.15, -0.1) is 0 Å². The lowest BCUT2D eigenvalue weighted by Gasteiger charge is -2.06. The van der Waals surface area contributed by atoms with Gasteiger partial charge in [0.2, 0.25) is 0 Å². The number of aliphatic hydroxyl groups is 1. The largest absolute Gasteiger partial charge is 0.479 e. The predicted molar refractivity (Wildman–Crippen MR) is 64.3 cm³/mol. The van der Waals surface area contributed by atoms with E-state index in [1.165, 1.54) is 0 Å². The molecule has 1 aromatic rings. The van der Waals surface area contributed by atoms with E-state index in [-0.39, 0.29) is 13.0 Å². The fourth-order valence-corrected chi connectivity index (χ4v) is 1.29. The molecule has 0 saturated heterocycles. The summed E-state index contributed by atoms with van der Waals surface area (Å²) in [4.78, 5) is 45.1. The molecular weight excluding hydrogens is 274 g/mol.